The smallest absolute Gasteiger partial charge is 0.417 e. The lowest BCUT2D eigenvalue weighted by atomic mass is 9.77. The number of hydrogen-bond acceptors (Lipinski definition) is 5. The van der Waals surface area contributed by atoms with Crippen molar-refractivity contribution in [2.75, 3.05) is 7.11 Å². The summed E-state index contributed by atoms with van der Waals surface area (Å²) in [6, 6.07) is 3.53. The van der Waals surface area contributed by atoms with Crippen LogP contribution in [0.4, 0.5) is 22.0 Å². The molecule has 1 aliphatic rings. The fourth-order valence-electron chi connectivity index (χ4n) is 4.53. The molecule has 0 saturated carbocycles. The molecule has 192 valence electrons. The van der Waals surface area contributed by atoms with Crippen LogP contribution < -0.4 is 10.5 Å². The van der Waals surface area contributed by atoms with Gasteiger partial charge in [0.15, 0.2) is 17.2 Å². The van der Waals surface area contributed by atoms with Crippen molar-refractivity contribution in [1.82, 2.24) is 15.0 Å². The molecule has 0 radical (unpaired) electrons. The third kappa shape index (κ3) is 4.29. The average Bonchev–Trinajstić information content (AvgIpc) is 3.35. The Labute approximate surface area is 204 Å². The maximum absolute atomic E-state index is 14.6. The van der Waals surface area contributed by atoms with Crippen LogP contribution in [0, 0.1) is 29.4 Å². The van der Waals surface area contributed by atoms with Gasteiger partial charge in [0.1, 0.15) is 23.1 Å². The summed E-state index contributed by atoms with van der Waals surface area (Å²) < 4.78 is 81.9. The first kappa shape index (κ1) is 25.9. The summed E-state index contributed by atoms with van der Waals surface area (Å²) in [5.41, 5.74) is 4.32. The fraction of sp³-hybridized carbons (Fsp3) is 0.440. The predicted molar refractivity (Wildman–Crippen MR) is 122 cm³/mol. The molecule has 36 heavy (non-hydrogen) atoms. The monoisotopic (exact) mass is 508 g/mol. The van der Waals surface area contributed by atoms with Gasteiger partial charge in [0, 0.05) is 36.1 Å². The summed E-state index contributed by atoms with van der Waals surface area (Å²) in [6.45, 7) is 4.10. The second kappa shape index (κ2) is 9.33. The molecule has 0 amide bonds. The van der Waals surface area contributed by atoms with Gasteiger partial charge in [0.2, 0.25) is 5.82 Å². The second-order valence-electron chi connectivity index (χ2n) is 9.10. The number of rotatable bonds is 4. The van der Waals surface area contributed by atoms with E-state index in [2.05, 4.69) is 26.8 Å². The molecule has 11 heteroatoms. The molecule has 0 bridgehead atoms. The molecule has 4 rings (SSSR count). The van der Waals surface area contributed by atoms with Gasteiger partial charge in [0.25, 0.3) is 0 Å². The maximum atomic E-state index is 14.6. The van der Waals surface area contributed by atoms with Crippen LogP contribution in [0.5, 0.6) is 5.75 Å². The summed E-state index contributed by atoms with van der Waals surface area (Å²) in [6.07, 6.45) is -4.13. The number of imidazole rings is 1. The highest BCUT2D eigenvalue weighted by molar-refractivity contribution is 5.80. The van der Waals surface area contributed by atoms with Crippen LogP contribution in [-0.2, 0) is 4.74 Å². The zero-order chi connectivity index (χ0) is 26.4. The SMILES string of the molecule is COc1c([C@H]2[C@H](c3nc4c(C#CC[C@H](C)N)nccc4[nH]3)O[C@@](C)(C(F)(F)F)[C@H]2C)ccc(F)c1F. The van der Waals surface area contributed by atoms with E-state index in [4.69, 9.17) is 15.2 Å². The number of nitrogens with zero attached hydrogens (tertiary/aromatic N) is 2. The number of H-pyrrole nitrogens is 1. The molecular formula is C25H25F5N4O2. The number of aromatic amines is 1. The van der Waals surface area contributed by atoms with Crippen LogP contribution in [0.25, 0.3) is 11.0 Å². The van der Waals surface area contributed by atoms with Crippen molar-refractivity contribution in [3.8, 4) is 17.6 Å². The summed E-state index contributed by atoms with van der Waals surface area (Å²) >= 11 is 0. The Morgan fingerprint density at radius 1 is 1.28 bits per heavy atom. The van der Waals surface area contributed by atoms with Crippen molar-refractivity contribution in [3.63, 3.8) is 0 Å². The van der Waals surface area contributed by atoms with Crippen molar-refractivity contribution in [1.29, 1.82) is 0 Å². The van der Waals surface area contributed by atoms with Gasteiger partial charge < -0.3 is 20.2 Å². The van der Waals surface area contributed by atoms with Gasteiger partial charge in [-0.2, -0.15) is 17.6 Å². The number of halogens is 5. The Bertz CT molecular complexity index is 1340. The molecule has 3 aromatic rings. The quantitative estimate of drug-likeness (QED) is 0.376. The molecule has 2 aromatic heterocycles. The van der Waals surface area contributed by atoms with Crippen molar-refractivity contribution in [3.05, 3.63) is 53.1 Å². The molecule has 1 fully saturated rings. The number of fused-ring (bicyclic) bond motifs is 1. The fourth-order valence-corrected chi connectivity index (χ4v) is 4.53. The van der Waals surface area contributed by atoms with Gasteiger partial charge >= 0.3 is 6.18 Å². The lowest BCUT2D eigenvalue weighted by Gasteiger charge is -2.32. The highest BCUT2D eigenvalue weighted by Crippen LogP contribution is 2.59. The molecule has 1 aromatic carbocycles. The minimum absolute atomic E-state index is 0.0393. The van der Waals surface area contributed by atoms with E-state index in [1.165, 1.54) is 19.2 Å². The first-order chi connectivity index (χ1) is 16.9. The van der Waals surface area contributed by atoms with Crippen molar-refractivity contribution < 1.29 is 31.4 Å². The van der Waals surface area contributed by atoms with Gasteiger partial charge in [-0.25, -0.2) is 14.4 Å². The number of alkyl halides is 3. The largest absolute Gasteiger partial charge is 0.493 e. The van der Waals surface area contributed by atoms with E-state index in [1.807, 2.05) is 0 Å². The normalized spacial score (nSPS) is 25.0. The number of aromatic nitrogens is 3. The van der Waals surface area contributed by atoms with E-state index in [0.717, 1.165) is 20.1 Å². The van der Waals surface area contributed by atoms with Crippen molar-refractivity contribution >= 4 is 11.0 Å². The first-order valence-corrected chi connectivity index (χ1v) is 11.2. The van der Waals surface area contributed by atoms with E-state index < -0.39 is 47.1 Å². The van der Waals surface area contributed by atoms with Crippen LogP contribution in [0.3, 0.4) is 0 Å². The van der Waals surface area contributed by atoms with E-state index in [0.29, 0.717) is 23.1 Å². The number of methoxy groups -OCH3 is 1. The van der Waals surface area contributed by atoms with Gasteiger partial charge in [-0.15, -0.1) is 0 Å². The van der Waals surface area contributed by atoms with Gasteiger partial charge in [-0.1, -0.05) is 18.9 Å². The highest BCUT2D eigenvalue weighted by Gasteiger charge is 2.65. The third-order valence-corrected chi connectivity index (χ3v) is 6.63. The summed E-state index contributed by atoms with van der Waals surface area (Å²) in [5, 5.41) is 0. The van der Waals surface area contributed by atoms with Crippen molar-refractivity contribution in [2.45, 2.75) is 57.0 Å². The van der Waals surface area contributed by atoms with E-state index in [9.17, 15) is 22.0 Å². The summed E-state index contributed by atoms with van der Waals surface area (Å²) in [4.78, 5) is 11.7. The van der Waals surface area contributed by atoms with Crippen LogP contribution in [0.1, 0.15) is 56.3 Å². The number of benzene rings is 1. The van der Waals surface area contributed by atoms with Crippen LogP contribution in [0.2, 0.25) is 0 Å². The zero-order valence-electron chi connectivity index (χ0n) is 20.0. The minimum Gasteiger partial charge on any atom is -0.493 e. The van der Waals surface area contributed by atoms with Gasteiger partial charge in [0.05, 0.1) is 12.6 Å². The van der Waals surface area contributed by atoms with Crippen LogP contribution in [-0.4, -0.2) is 39.9 Å². The number of nitrogens with one attached hydrogen (secondary N) is 1. The predicted octanol–water partition coefficient (Wildman–Crippen LogP) is 5.15. The van der Waals surface area contributed by atoms with E-state index >= 15 is 0 Å². The number of ether oxygens (including phenoxy) is 2. The second-order valence-corrected chi connectivity index (χ2v) is 9.10. The Morgan fingerprint density at radius 3 is 2.64 bits per heavy atom. The van der Waals surface area contributed by atoms with Gasteiger partial charge in [-0.05, 0) is 31.9 Å². The number of hydrogen-bond donors (Lipinski definition) is 2. The van der Waals surface area contributed by atoms with E-state index in [-0.39, 0.29) is 17.4 Å². The Hall–Kier alpha value is -3.23. The zero-order valence-corrected chi connectivity index (χ0v) is 20.0. The molecule has 1 aliphatic heterocycles. The Kier molecular flexibility index (Phi) is 6.70. The molecule has 5 atom stereocenters. The standard InChI is InChI=1S/C25H25F5N4O2/c1-12(31)6-5-7-16-20-17(10-11-32-16)33-23(34-20)22-18(13(2)24(3,36-22)25(28,29)30)14-8-9-15(26)19(27)21(14)35-4/h8-13,18,22H,6,31H2,1-4H3,(H,33,34)/t12-,13-,18-,22+,24+/m0/s1. The molecule has 0 unspecified atom stereocenters. The highest BCUT2D eigenvalue weighted by atomic mass is 19.4. The number of pyridine rings is 1. The maximum Gasteiger partial charge on any atom is 0.417 e. The Morgan fingerprint density at radius 2 is 2.00 bits per heavy atom. The lowest BCUT2D eigenvalue weighted by Crippen LogP contribution is -2.46. The lowest BCUT2D eigenvalue weighted by molar-refractivity contribution is -0.275. The first-order valence-electron chi connectivity index (χ1n) is 11.2. The number of nitrogens with two attached hydrogens (primary N) is 1. The molecule has 3 N–H and O–H groups in total. The Balaban J connectivity index is 1.88. The molecular weight excluding hydrogens is 483 g/mol. The molecule has 1 saturated heterocycles. The van der Waals surface area contributed by atoms with Crippen LogP contribution >= 0.6 is 0 Å². The molecule has 3 heterocycles. The van der Waals surface area contributed by atoms with Crippen LogP contribution in [0.15, 0.2) is 24.4 Å². The molecule has 0 aliphatic carbocycles. The average molecular weight is 508 g/mol. The summed E-state index contributed by atoms with van der Waals surface area (Å²) in [5.74, 6) is 0.635. The summed E-state index contributed by atoms with van der Waals surface area (Å²) in [7, 11) is 1.12. The minimum atomic E-state index is -4.76. The van der Waals surface area contributed by atoms with Gasteiger partial charge in [-0.3, -0.25) is 0 Å². The molecule has 6 nitrogen and oxygen atoms in total. The topological polar surface area (TPSA) is 86.0 Å². The molecule has 0 spiro atoms. The van der Waals surface area contributed by atoms with Crippen molar-refractivity contribution in [2.24, 2.45) is 11.7 Å². The van der Waals surface area contributed by atoms with E-state index in [1.54, 1.807) is 13.0 Å². The third-order valence-electron chi connectivity index (χ3n) is 6.63.